The van der Waals surface area contributed by atoms with Crippen molar-refractivity contribution in [3.63, 3.8) is 0 Å². The highest BCUT2D eigenvalue weighted by molar-refractivity contribution is 5.94. The molecule has 6 heteroatoms. The van der Waals surface area contributed by atoms with Crippen LogP contribution in [0.25, 0.3) is 0 Å². The van der Waals surface area contributed by atoms with E-state index in [1.165, 1.54) is 11.2 Å². The first-order chi connectivity index (χ1) is 9.97. The second kappa shape index (κ2) is 5.85. The number of amides is 1. The number of hydrogen-bond acceptors (Lipinski definition) is 5. The number of nitrogens with two attached hydrogens (primary N) is 2. The number of hydrogen-bond donors (Lipinski definition) is 3. The number of aryl methyl sites for hydroxylation is 1. The van der Waals surface area contributed by atoms with E-state index in [1.54, 1.807) is 12.1 Å². The van der Waals surface area contributed by atoms with E-state index in [4.69, 9.17) is 16.8 Å². The topological polar surface area (TPSA) is 108 Å². The lowest BCUT2D eigenvalue weighted by atomic mass is 10.1. The van der Waals surface area contributed by atoms with Crippen LogP contribution >= 0.6 is 0 Å². The first kappa shape index (κ1) is 14.9. The van der Waals surface area contributed by atoms with Gasteiger partial charge < -0.3 is 11.1 Å². The minimum atomic E-state index is -0.619. The molecule has 1 aliphatic carbocycles. The molecule has 0 unspecified atom stereocenters. The number of carbonyl (C=O) groups excluding carboxylic acids is 1. The maximum atomic E-state index is 11.9. The highest BCUT2D eigenvalue weighted by Crippen LogP contribution is 2.39. The van der Waals surface area contributed by atoms with E-state index in [-0.39, 0.29) is 12.5 Å². The van der Waals surface area contributed by atoms with E-state index in [0.29, 0.717) is 11.3 Å². The Morgan fingerprint density at radius 1 is 1.48 bits per heavy atom. The van der Waals surface area contributed by atoms with Crippen LogP contribution in [0.3, 0.4) is 0 Å². The van der Waals surface area contributed by atoms with Crippen molar-refractivity contribution in [3.05, 3.63) is 47.3 Å². The fourth-order valence-corrected chi connectivity index (χ4v) is 1.88. The Kier molecular flexibility index (Phi) is 4.15. The predicted octanol–water partition coefficient (Wildman–Crippen LogP) is 0.757. The molecule has 21 heavy (non-hydrogen) atoms. The molecule has 1 amide bonds. The van der Waals surface area contributed by atoms with Crippen molar-refractivity contribution >= 4 is 5.91 Å². The molecule has 0 bridgehead atoms. The summed E-state index contributed by atoms with van der Waals surface area (Å²) in [4.78, 5) is 11.9. The molecular weight excluding hydrogens is 266 g/mol. The summed E-state index contributed by atoms with van der Waals surface area (Å²) in [6.45, 7) is 2.14. The molecule has 6 nitrogen and oxygen atoms in total. The summed E-state index contributed by atoms with van der Waals surface area (Å²) >= 11 is 0. The summed E-state index contributed by atoms with van der Waals surface area (Å²) in [5, 5.41) is 13.1. The van der Waals surface area contributed by atoms with Crippen LogP contribution in [0.15, 0.2) is 36.2 Å². The molecule has 0 atom stereocenters. The monoisotopic (exact) mass is 285 g/mol. The van der Waals surface area contributed by atoms with Gasteiger partial charge in [-0.3, -0.25) is 9.80 Å². The number of hydrazine groups is 1. The highest BCUT2D eigenvalue weighted by Gasteiger charge is 2.47. The molecule has 1 fully saturated rings. The lowest BCUT2D eigenvalue weighted by molar-refractivity contribution is 0.0956. The maximum absolute atomic E-state index is 11.9. The van der Waals surface area contributed by atoms with Crippen LogP contribution in [-0.4, -0.2) is 23.0 Å². The van der Waals surface area contributed by atoms with Crippen LogP contribution in [0.4, 0.5) is 0 Å². The van der Waals surface area contributed by atoms with Gasteiger partial charge in [-0.15, -0.1) is 0 Å². The standard InChI is InChI=1S/C15H19N5O/c1-11-2-4-12(5-3-11)14(21)19-8-13(17)9-20(18)15(10-16)6-7-15/h2-5,9H,6-8,17-18H2,1H3,(H,19,21)/b13-9-. The molecule has 0 heterocycles. The van der Waals surface area contributed by atoms with Gasteiger partial charge in [0.25, 0.3) is 5.91 Å². The molecular formula is C15H19N5O. The maximum Gasteiger partial charge on any atom is 0.251 e. The van der Waals surface area contributed by atoms with Crippen molar-refractivity contribution in [2.45, 2.75) is 25.3 Å². The van der Waals surface area contributed by atoms with Crippen molar-refractivity contribution in [2.75, 3.05) is 6.54 Å². The van der Waals surface area contributed by atoms with E-state index >= 15 is 0 Å². The van der Waals surface area contributed by atoms with Gasteiger partial charge in [-0.05, 0) is 31.9 Å². The molecule has 0 spiro atoms. The summed E-state index contributed by atoms with van der Waals surface area (Å²) < 4.78 is 0. The first-order valence-corrected chi connectivity index (χ1v) is 6.73. The zero-order valence-electron chi connectivity index (χ0n) is 12.0. The van der Waals surface area contributed by atoms with Crippen LogP contribution in [0.5, 0.6) is 0 Å². The van der Waals surface area contributed by atoms with Crippen molar-refractivity contribution in [1.82, 2.24) is 10.3 Å². The molecule has 1 aromatic carbocycles. The zero-order chi connectivity index (χ0) is 15.5. The predicted molar refractivity (Wildman–Crippen MR) is 79.4 cm³/mol. The third-order valence-electron chi connectivity index (χ3n) is 3.50. The molecule has 5 N–H and O–H groups in total. The van der Waals surface area contributed by atoms with Crippen molar-refractivity contribution < 1.29 is 4.79 Å². The second-order valence-electron chi connectivity index (χ2n) is 5.30. The molecule has 0 saturated heterocycles. The van der Waals surface area contributed by atoms with Gasteiger partial charge in [0.1, 0.15) is 5.54 Å². The van der Waals surface area contributed by atoms with Crippen molar-refractivity contribution in [2.24, 2.45) is 11.6 Å². The van der Waals surface area contributed by atoms with Gasteiger partial charge in [0.15, 0.2) is 0 Å². The van der Waals surface area contributed by atoms with Gasteiger partial charge in [0.05, 0.1) is 12.6 Å². The molecule has 1 aromatic rings. The average molecular weight is 285 g/mol. The smallest absolute Gasteiger partial charge is 0.251 e. The summed E-state index contributed by atoms with van der Waals surface area (Å²) in [7, 11) is 0. The molecule has 0 radical (unpaired) electrons. The summed E-state index contributed by atoms with van der Waals surface area (Å²) in [5.74, 6) is 5.60. The van der Waals surface area contributed by atoms with Crippen LogP contribution in [-0.2, 0) is 0 Å². The third kappa shape index (κ3) is 3.52. The molecule has 0 aliphatic heterocycles. The van der Waals surface area contributed by atoms with Gasteiger partial charge >= 0.3 is 0 Å². The van der Waals surface area contributed by atoms with Gasteiger partial charge in [0.2, 0.25) is 0 Å². The SMILES string of the molecule is Cc1ccc(C(=O)NC/C(N)=C/N(N)C2(C#N)CC2)cc1. The van der Waals surface area contributed by atoms with Crippen LogP contribution in [0, 0.1) is 18.3 Å². The van der Waals surface area contributed by atoms with Crippen LogP contribution in [0.1, 0.15) is 28.8 Å². The average Bonchev–Trinajstić information content (AvgIpc) is 3.26. The Labute approximate surface area is 124 Å². The molecule has 1 aliphatic rings. The second-order valence-corrected chi connectivity index (χ2v) is 5.30. The lowest BCUT2D eigenvalue weighted by Crippen LogP contribution is -2.39. The lowest BCUT2D eigenvalue weighted by Gasteiger charge is -2.20. The van der Waals surface area contributed by atoms with E-state index in [1.807, 2.05) is 19.1 Å². The number of benzene rings is 1. The number of carbonyl (C=O) groups is 1. The van der Waals surface area contributed by atoms with E-state index in [9.17, 15) is 4.79 Å². The number of nitrogens with one attached hydrogen (secondary N) is 1. The van der Waals surface area contributed by atoms with Crippen molar-refractivity contribution in [1.29, 1.82) is 5.26 Å². The van der Waals surface area contributed by atoms with E-state index in [0.717, 1.165) is 18.4 Å². The van der Waals surface area contributed by atoms with Crippen LogP contribution in [0.2, 0.25) is 0 Å². The van der Waals surface area contributed by atoms with Gasteiger partial charge in [-0.2, -0.15) is 5.26 Å². The fraction of sp³-hybridized carbons (Fsp3) is 0.333. The van der Waals surface area contributed by atoms with E-state index in [2.05, 4.69) is 11.4 Å². The van der Waals surface area contributed by atoms with Gasteiger partial charge in [-0.1, -0.05) is 17.7 Å². The third-order valence-corrected chi connectivity index (χ3v) is 3.50. The normalized spacial score (nSPS) is 16.0. The summed E-state index contributed by atoms with van der Waals surface area (Å²) in [6, 6.07) is 9.43. The van der Waals surface area contributed by atoms with Gasteiger partial charge in [0, 0.05) is 17.5 Å². The Hall–Kier alpha value is -2.52. The number of nitriles is 1. The Balaban J connectivity index is 1.89. The largest absolute Gasteiger partial charge is 0.399 e. The molecule has 110 valence electrons. The Morgan fingerprint density at radius 3 is 2.62 bits per heavy atom. The zero-order valence-corrected chi connectivity index (χ0v) is 12.0. The number of rotatable bonds is 5. The first-order valence-electron chi connectivity index (χ1n) is 6.73. The molecule has 0 aromatic heterocycles. The summed E-state index contributed by atoms with van der Waals surface area (Å²) in [6.07, 6.45) is 2.98. The Bertz CT molecular complexity index is 595. The number of nitrogens with zero attached hydrogens (tertiary/aromatic N) is 2. The quantitative estimate of drug-likeness (QED) is 0.546. The van der Waals surface area contributed by atoms with E-state index < -0.39 is 5.54 Å². The van der Waals surface area contributed by atoms with Crippen LogP contribution < -0.4 is 16.9 Å². The van der Waals surface area contributed by atoms with Crippen molar-refractivity contribution in [3.8, 4) is 6.07 Å². The Morgan fingerprint density at radius 2 is 2.10 bits per heavy atom. The summed E-state index contributed by atoms with van der Waals surface area (Å²) in [5.41, 5.74) is 7.27. The minimum Gasteiger partial charge on any atom is -0.399 e. The fourth-order valence-electron chi connectivity index (χ4n) is 1.88. The van der Waals surface area contributed by atoms with Gasteiger partial charge in [-0.25, -0.2) is 5.84 Å². The molecule has 2 rings (SSSR count). The minimum absolute atomic E-state index is 0.182. The molecule has 1 saturated carbocycles. The highest BCUT2D eigenvalue weighted by atomic mass is 16.1.